The Hall–Kier alpha value is -2.44. The number of carbonyl (C=O) groups is 3. The molecule has 1 unspecified atom stereocenters. The van der Waals surface area contributed by atoms with Crippen molar-refractivity contribution in [3.05, 3.63) is 29.6 Å². The molecule has 0 saturated heterocycles. The molecule has 1 rings (SSSR count). The van der Waals surface area contributed by atoms with E-state index in [4.69, 9.17) is 5.11 Å². The van der Waals surface area contributed by atoms with Crippen molar-refractivity contribution in [2.24, 2.45) is 0 Å². The van der Waals surface area contributed by atoms with Crippen molar-refractivity contribution in [1.82, 2.24) is 10.3 Å². The van der Waals surface area contributed by atoms with E-state index in [1.165, 1.54) is 32.4 Å². The highest BCUT2D eigenvalue weighted by molar-refractivity contribution is 6.04. The zero-order chi connectivity index (χ0) is 13.7. The lowest BCUT2D eigenvalue weighted by atomic mass is 10.2. The molecule has 0 fully saturated rings. The van der Waals surface area contributed by atoms with Crippen molar-refractivity contribution in [2.45, 2.75) is 13.0 Å². The molecule has 0 radical (unpaired) electrons. The van der Waals surface area contributed by atoms with Gasteiger partial charge < -0.3 is 15.2 Å². The maximum Gasteiger partial charge on any atom is 0.338 e. The Morgan fingerprint density at radius 3 is 2.67 bits per heavy atom. The number of amides is 1. The molecule has 96 valence electrons. The molecule has 0 bridgehead atoms. The number of carbonyl (C=O) groups excluding carboxylic acids is 2. The second-order valence-electron chi connectivity index (χ2n) is 3.42. The smallest absolute Gasteiger partial charge is 0.338 e. The third-order valence-electron chi connectivity index (χ3n) is 2.16. The minimum absolute atomic E-state index is 0.230. The summed E-state index contributed by atoms with van der Waals surface area (Å²) in [7, 11) is 1.19. The van der Waals surface area contributed by atoms with E-state index in [1.54, 1.807) is 0 Å². The van der Waals surface area contributed by atoms with E-state index in [-0.39, 0.29) is 11.3 Å². The van der Waals surface area contributed by atoms with E-state index < -0.39 is 23.9 Å². The van der Waals surface area contributed by atoms with Crippen LogP contribution < -0.4 is 5.32 Å². The highest BCUT2D eigenvalue weighted by atomic mass is 16.5. The minimum atomic E-state index is -1.26. The summed E-state index contributed by atoms with van der Waals surface area (Å²) in [5.41, 5.74) is -0.479. The number of pyridine rings is 1. The average molecular weight is 252 g/mol. The normalized spacial score (nSPS) is 11.4. The lowest BCUT2D eigenvalue weighted by molar-refractivity contribution is -0.142. The van der Waals surface area contributed by atoms with E-state index in [0.717, 1.165) is 0 Å². The lowest BCUT2D eigenvalue weighted by Crippen LogP contribution is -2.40. The molecule has 0 aromatic carbocycles. The van der Waals surface area contributed by atoms with E-state index in [2.05, 4.69) is 15.0 Å². The van der Waals surface area contributed by atoms with Crippen LogP contribution >= 0.6 is 0 Å². The highest BCUT2D eigenvalue weighted by Crippen LogP contribution is 2.05. The van der Waals surface area contributed by atoms with Gasteiger partial charge in [0.15, 0.2) is 0 Å². The van der Waals surface area contributed by atoms with Crippen LogP contribution in [0.5, 0.6) is 0 Å². The summed E-state index contributed by atoms with van der Waals surface area (Å²) >= 11 is 0. The number of aromatic nitrogens is 1. The molecule has 0 aliphatic rings. The SMILES string of the molecule is COC(=O)C(C)NC(=O)c1ncccc1C(=O)O. The predicted molar refractivity (Wildman–Crippen MR) is 60.1 cm³/mol. The molecular formula is C11H12N2O5. The number of aromatic carboxylic acids is 1. The molecule has 7 nitrogen and oxygen atoms in total. The van der Waals surface area contributed by atoms with Crippen LogP contribution in [0.2, 0.25) is 0 Å². The van der Waals surface area contributed by atoms with Crippen LogP contribution in [0.3, 0.4) is 0 Å². The summed E-state index contributed by atoms with van der Waals surface area (Å²) in [4.78, 5) is 37.5. The Morgan fingerprint density at radius 1 is 1.44 bits per heavy atom. The molecule has 0 aliphatic carbocycles. The predicted octanol–water partition coefficient (Wildman–Crippen LogP) is 0.0711. The number of rotatable bonds is 4. The van der Waals surface area contributed by atoms with E-state index >= 15 is 0 Å². The van der Waals surface area contributed by atoms with Gasteiger partial charge in [0.2, 0.25) is 0 Å². The van der Waals surface area contributed by atoms with Crippen molar-refractivity contribution in [3.63, 3.8) is 0 Å². The summed E-state index contributed by atoms with van der Waals surface area (Å²) in [6.07, 6.45) is 1.30. The number of ether oxygens (including phenoxy) is 1. The summed E-state index contributed by atoms with van der Waals surface area (Å²) in [6.45, 7) is 1.42. The fourth-order valence-corrected chi connectivity index (χ4v) is 1.26. The minimum Gasteiger partial charge on any atom is -0.478 e. The van der Waals surface area contributed by atoms with Gasteiger partial charge in [0.1, 0.15) is 11.7 Å². The molecule has 7 heteroatoms. The first kappa shape index (κ1) is 13.6. The van der Waals surface area contributed by atoms with Gasteiger partial charge in [-0.15, -0.1) is 0 Å². The third-order valence-corrected chi connectivity index (χ3v) is 2.16. The zero-order valence-electron chi connectivity index (χ0n) is 9.84. The number of hydrogen-bond donors (Lipinski definition) is 2. The zero-order valence-corrected chi connectivity index (χ0v) is 9.84. The van der Waals surface area contributed by atoms with Gasteiger partial charge in [0.05, 0.1) is 12.7 Å². The topological polar surface area (TPSA) is 106 Å². The first-order valence-corrected chi connectivity index (χ1v) is 5.04. The van der Waals surface area contributed by atoms with Gasteiger partial charge in [-0.1, -0.05) is 0 Å². The van der Waals surface area contributed by atoms with Crippen LogP contribution in [0.1, 0.15) is 27.8 Å². The van der Waals surface area contributed by atoms with Crippen LogP contribution in [-0.4, -0.2) is 41.1 Å². The fraction of sp³-hybridized carbons (Fsp3) is 0.273. The maximum atomic E-state index is 11.8. The Kier molecular flexibility index (Phi) is 4.36. The van der Waals surface area contributed by atoms with Gasteiger partial charge >= 0.3 is 11.9 Å². The van der Waals surface area contributed by atoms with E-state index in [1.807, 2.05) is 0 Å². The largest absolute Gasteiger partial charge is 0.478 e. The molecular weight excluding hydrogens is 240 g/mol. The second-order valence-corrected chi connectivity index (χ2v) is 3.42. The Bertz CT molecular complexity index is 486. The van der Waals surface area contributed by atoms with Crippen LogP contribution in [0.25, 0.3) is 0 Å². The molecule has 0 saturated carbocycles. The number of carboxylic acids is 1. The highest BCUT2D eigenvalue weighted by Gasteiger charge is 2.21. The second kappa shape index (κ2) is 5.76. The van der Waals surface area contributed by atoms with E-state index in [0.29, 0.717) is 0 Å². The van der Waals surface area contributed by atoms with Gasteiger partial charge in [-0.25, -0.2) is 9.59 Å². The summed E-state index contributed by atoms with van der Waals surface area (Å²) < 4.78 is 4.44. The molecule has 1 amide bonds. The number of nitrogens with one attached hydrogen (secondary N) is 1. The number of esters is 1. The maximum absolute atomic E-state index is 11.8. The van der Waals surface area contributed by atoms with E-state index in [9.17, 15) is 14.4 Å². The average Bonchev–Trinajstić information content (AvgIpc) is 2.37. The molecule has 1 heterocycles. The molecule has 2 N–H and O–H groups in total. The molecule has 1 aromatic rings. The van der Waals surface area contributed by atoms with Gasteiger partial charge in [-0.2, -0.15) is 0 Å². The van der Waals surface area contributed by atoms with Gasteiger partial charge in [0, 0.05) is 6.20 Å². The monoisotopic (exact) mass is 252 g/mol. The van der Waals surface area contributed by atoms with Gasteiger partial charge in [-0.05, 0) is 19.1 Å². The summed E-state index contributed by atoms with van der Waals surface area (Å²) in [5, 5.41) is 11.2. The Balaban J connectivity index is 2.91. The van der Waals surface area contributed by atoms with Gasteiger partial charge in [0.25, 0.3) is 5.91 Å². The quantitative estimate of drug-likeness (QED) is 0.734. The lowest BCUT2D eigenvalue weighted by Gasteiger charge is -2.11. The fourth-order valence-electron chi connectivity index (χ4n) is 1.26. The van der Waals surface area contributed by atoms with Crippen molar-refractivity contribution in [3.8, 4) is 0 Å². The van der Waals surface area contributed by atoms with Crippen LogP contribution in [0, 0.1) is 0 Å². The number of methoxy groups -OCH3 is 1. The van der Waals surface area contributed by atoms with Gasteiger partial charge in [-0.3, -0.25) is 9.78 Å². The summed E-state index contributed by atoms with van der Waals surface area (Å²) in [5.74, 6) is -2.64. The molecule has 1 aromatic heterocycles. The van der Waals surface area contributed by atoms with Crippen molar-refractivity contribution in [1.29, 1.82) is 0 Å². The Morgan fingerprint density at radius 2 is 2.11 bits per heavy atom. The van der Waals surface area contributed by atoms with Crippen molar-refractivity contribution >= 4 is 17.8 Å². The number of carboxylic acid groups (broad SMARTS) is 1. The summed E-state index contributed by atoms with van der Waals surface area (Å²) in [6, 6.07) is 1.78. The van der Waals surface area contributed by atoms with Crippen molar-refractivity contribution in [2.75, 3.05) is 7.11 Å². The van der Waals surface area contributed by atoms with Crippen LogP contribution in [0.15, 0.2) is 18.3 Å². The van der Waals surface area contributed by atoms with Crippen LogP contribution in [-0.2, 0) is 9.53 Å². The third kappa shape index (κ3) is 3.03. The Labute approximate surface area is 103 Å². The standard InChI is InChI=1S/C11H12N2O5/c1-6(11(17)18-2)13-9(14)8-7(10(15)16)4-3-5-12-8/h3-6H,1-2H3,(H,13,14)(H,15,16). The van der Waals surface area contributed by atoms with Crippen molar-refractivity contribution < 1.29 is 24.2 Å². The first-order chi connectivity index (χ1) is 8.47. The number of hydrogen-bond acceptors (Lipinski definition) is 5. The molecule has 0 aliphatic heterocycles. The molecule has 0 spiro atoms. The molecule has 1 atom stereocenters. The first-order valence-electron chi connectivity index (χ1n) is 5.04. The number of nitrogens with zero attached hydrogens (tertiary/aromatic N) is 1. The van der Waals surface area contributed by atoms with Crippen LogP contribution in [0.4, 0.5) is 0 Å². The molecule has 18 heavy (non-hydrogen) atoms.